The van der Waals surface area contributed by atoms with Crippen molar-refractivity contribution in [1.29, 1.82) is 5.26 Å². The van der Waals surface area contributed by atoms with Crippen molar-refractivity contribution in [2.24, 2.45) is 5.41 Å². The minimum atomic E-state index is -0.962. The van der Waals surface area contributed by atoms with Crippen LogP contribution in [0.5, 0.6) is 0 Å². The monoisotopic (exact) mass is 612 g/mol. The van der Waals surface area contributed by atoms with Gasteiger partial charge < -0.3 is 30.2 Å². The van der Waals surface area contributed by atoms with E-state index < -0.39 is 11.0 Å². The highest BCUT2D eigenvalue weighted by atomic mass is 35.5. The molecule has 0 amide bonds. The van der Waals surface area contributed by atoms with E-state index >= 15 is 0 Å². The van der Waals surface area contributed by atoms with Crippen molar-refractivity contribution in [1.82, 2.24) is 15.3 Å². The molecule has 43 heavy (non-hydrogen) atoms. The first kappa shape index (κ1) is 32.9. The zero-order chi connectivity index (χ0) is 30.9. The quantitative estimate of drug-likeness (QED) is 0.246. The molecule has 234 valence electrons. The molecule has 2 aliphatic rings. The Morgan fingerprint density at radius 2 is 1.93 bits per heavy atom. The van der Waals surface area contributed by atoms with Gasteiger partial charge in [-0.1, -0.05) is 17.7 Å². The fraction of sp³-hybridized carbons (Fsp3) is 0.625. The summed E-state index contributed by atoms with van der Waals surface area (Å²) in [5, 5.41) is 20.9. The van der Waals surface area contributed by atoms with E-state index in [2.05, 4.69) is 33.9 Å². The van der Waals surface area contributed by atoms with Crippen LogP contribution in [0, 0.1) is 16.7 Å². The maximum Gasteiger partial charge on any atom is 0.337 e. The summed E-state index contributed by atoms with van der Waals surface area (Å²) in [7, 11) is 0. The summed E-state index contributed by atoms with van der Waals surface area (Å²) in [5.41, 5.74) is 0.145. The van der Waals surface area contributed by atoms with Gasteiger partial charge in [0.05, 0.1) is 35.4 Å². The molecule has 11 heteroatoms. The molecule has 0 aromatic carbocycles. The number of hydrogen-bond acceptors (Lipinski definition) is 10. The lowest BCUT2D eigenvalue weighted by molar-refractivity contribution is -0.168. The number of carbonyl (C=O) groups excluding carboxylic acids is 1. The molecule has 0 spiro atoms. The van der Waals surface area contributed by atoms with Crippen LogP contribution >= 0.6 is 11.6 Å². The average Bonchev–Trinajstić information content (AvgIpc) is 3.02. The number of esters is 1. The van der Waals surface area contributed by atoms with Gasteiger partial charge in [-0.25, -0.2) is 14.8 Å². The lowest BCUT2D eigenvalue weighted by Crippen LogP contribution is -2.45. The third kappa shape index (κ3) is 9.26. The number of anilines is 2. The highest BCUT2D eigenvalue weighted by Gasteiger charge is 2.33. The lowest BCUT2D eigenvalue weighted by atomic mass is 9.82. The van der Waals surface area contributed by atoms with Crippen LogP contribution in [0.15, 0.2) is 30.5 Å². The van der Waals surface area contributed by atoms with Crippen molar-refractivity contribution in [2.45, 2.75) is 89.9 Å². The van der Waals surface area contributed by atoms with E-state index in [4.69, 9.17) is 30.8 Å². The zero-order valence-electron chi connectivity index (χ0n) is 25.7. The molecule has 2 fully saturated rings. The molecule has 1 saturated carbocycles. The molecule has 2 aromatic rings. The molecule has 4 rings (SSSR count). The van der Waals surface area contributed by atoms with E-state index in [9.17, 15) is 10.1 Å². The number of hydrogen-bond donors (Lipinski definition) is 3. The van der Waals surface area contributed by atoms with Gasteiger partial charge in [0.25, 0.3) is 0 Å². The van der Waals surface area contributed by atoms with Gasteiger partial charge in [-0.3, -0.25) is 0 Å². The lowest BCUT2D eigenvalue weighted by Gasteiger charge is -2.33. The van der Waals surface area contributed by atoms with E-state index in [-0.39, 0.29) is 12.0 Å². The number of aromatic nitrogens is 2. The molecule has 1 aliphatic heterocycles. The third-order valence-electron chi connectivity index (χ3n) is 8.24. The molecule has 1 atom stereocenters. The number of pyridine rings is 2. The van der Waals surface area contributed by atoms with Gasteiger partial charge in [-0.2, -0.15) is 5.26 Å². The smallest absolute Gasteiger partial charge is 0.337 e. The Kier molecular flexibility index (Phi) is 11.6. The Morgan fingerprint density at radius 1 is 1.21 bits per heavy atom. The van der Waals surface area contributed by atoms with E-state index in [1.165, 1.54) is 0 Å². The Hall–Kier alpha value is -2.97. The fourth-order valence-corrected chi connectivity index (χ4v) is 5.71. The summed E-state index contributed by atoms with van der Waals surface area (Å²) in [6.45, 7) is 9.86. The number of nitrogens with one attached hydrogen (secondary N) is 3. The SMILES string of the molecule is CCOC(=O)C(C)(C)OCC(C)NC1CCC(Nc2cc(-c3cccc(NCC4(C#N)CCOCC4)n3)c(Cl)cn2)CC1. The minimum absolute atomic E-state index is 0.114. The predicted molar refractivity (Wildman–Crippen MR) is 168 cm³/mol. The number of nitrogens with zero attached hydrogens (tertiary/aromatic N) is 3. The number of ether oxygens (including phenoxy) is 3. The van der Waals surface area contributed by atoms with Crippen LogP contribution in [-0.4, -0.2) is 72.6 Å². The van der Waals surface area contributed by atoms with Gasteiger partial charge in [-0.05, 0) is 84.4 Å². The van der Waals surface area contributed by atoms with Crippen LogP contribution in [0.3, 0.4) is 0 Å². The first-order chi connectivity index (χ1) is 20.6. The van der Waals surface area contributed by atoms with E-state index in [1.54, 1.807) is 27.0 Å². The second-order valence-corrected chi connectivity index (χ2v) is 12.5. The molecule has 3 N–H and O–H groups in total. The summed E-state index contributed by atoms with van der Waals surface area (Å²) in [6, 6.07) is 11.0. The molecule has 0 radical (unpaired) electrons. The van der Waals surface area contributed by atoms with Crippen molar-refractivity contribution >= 4 is 29.2 Å². The van der Waals surface area contributed by atoms with Gasteiger partial charge in [0.15, 0.2) is 5.60 Å². The maximum absolute atomic E-state index is 12.1. The van der Waals surface area contributed by atoms with Crippen LogP contribution < -0.4 is 16.0 Å². The zero-order valence-corrected chi connectivity index (χ0v) is 26.5. The number of halogens is 1. The molecule has 1 saturated heterocycles. The third-order valence-corrected chi connectivity index (χ3v) is 8.54. The van der Waals surface area contributed by atoms with Gasteiger partial charge >= 0.3 is 5.97 Å². The largest absolute Gasteiger partial charge is 0.464 e. The highest BCUT2D eigenvalue weighted by molar-refractivity contribution is 6.33. The van der Waals surface area contributed by atoms with E-state index in [1.807, 2.05) is 24.3 Å². The molecular weight excluding hydrogens is 568 g/mol. The maximum atomic E-state index is 12.1. The average molecular weight is 613 g/mol. The fourth-order valence-electron chi connectivity index (χ4n) is 5.51. The molecular formula is C32H45ClN6O4. The number of carbonyl (C=O) groups is 1. The van der Waals surface area contributed by atoms with E-state index in [0.29, 0.717) is 68.7 Å². The van der Waals surface area contributed by atoms with Gasteiger partial charge in [0, 0.05) is 49.6 Å². The summed E-state index contributed by atoms with van der Waals surface area (Å²) in [4.78, 5) is 21.4. The second-order valence-electron chi connectivity index (χ2n) is 12.1. The standard InChI is InChI=1S/C32H45ClN6O4/c1-5-42-30(40)31(3,4)43-19-22(2)37-23-9-11-24(12-10-23)38-29-17-25(26(33)18-35-29)27-7-6-8-28(39-27)36-21-32(20-34)13-15-41-16-14-32/h6-8,17-18,22-24,37H,5,9-16,19,21H2,1-4H3,(H,35,38)(H,36,39). The normalized spacial score (nSPS) is 20.9. The first-order valence-electron chi connectivity index (χ1n) is 15.3. The Balaban J connectivity index is 1.28. The van der Waals surface area contributed by atoms with Gasteiger partial charge in [0.1, 0.15) is 11.6 Å². The van der Waals surface area contributed by atoms with Crippen LogP contribution in [0.25, 0.3) is 11.3 Å². The van der Waals surface area contributed by atoms with Crippen molar-refractivity contribution in [3.63, 3.8) is 0 Å². The van der Waals surface area contributed by atoms with Crippen LogP contribution in [-0.2, 0) is 19.0 Å². The summed E-state index contributed by atoms with van der Waals surface area (Å²) in [6.07, 6.45) is 7.14. The Labute approximate surface area is 260 Å². The summed E-state index contributed by atoms with van der Waals surface area (Å²) >= 11 is 6.57. The van der Waals surface area contributed by atoms with Crippen molar-refractivity contribution < 1.29 is 19.0 Å². The topological polar surface area (TPSA) is 130 Å². The van der Waals surface area contributed by atoms with Crippen molar-refractivity contribution in [3.05, 3.63) is 35.5 Å². The molecule has 1 aliphatic carbocycles. The van der Waals surface area contributed by atoms with Crippen LogP contribution in [0.1, 0.15) is 66.2 Å². The first-order valence-corrected chi connectivity index (χ1v) is 15.7. The predicted octanol–water partition coefficient (Wildman–Crippen LogP) is 5.59. The van der Waals surface area contributed by atoms with Gasteiger partial charge in [-0.15, -0.1) is 0 Å². The minimum Gasteiger partial charge on any atom is -0.464 e. The molecule has 0 bridgehead atoms. The second kappa shape index (κ2) is 15.2. The van der Waals surface area contributed by atoms with Crippen molar-refractivity contribution in [2.75, 3.05) is 43.6 Å². The van der Waals surface area contributed by atoms with Crippen LogP contribution in [0.4, 0.5) is 11.6 Å². The number of nitriles is 1. The summed E-state index contributed by atoms with van der Waals surface area (Å²) in [5.74, 6) is 1.13. The molecule has 1 unspecified atom stereocenters. The highest BCUT2D eigenvalue weighted by Crippen LogP contribution is 2.32. The summed E-state index contributed by atoms with van der Waals surface area (Å²) < 4.78 is 16.4. The van der Waals surface area contributed by atoms with E-state index in [0.717, 1.165) is 42.8 Å². The van der Waals surface area contributed by atoms with Crippen molar-refractivity contribution in [3.8, 4) is 17.3 Å². The Bertz CT molecular complexity index is 1250. The van der Waals surface area contributed by atoms with Gasteiger partial charge in [0.2, 0.25) is 0 Å². The molecule has 10 nitrogen and oxygen atoms in total. The molecule has 3 heterocycles. The van der Waals surface area contributed by atoms with Crippen LogP contribution in [0.2, 0.25) is 5.02 Å². The number of rotatable bonds is 13. The molecule has 2 aromatic heterocycles. The Morgan fingerprint density at radius 3 is 2.63 bits per heavy atom.